The second kappa shape index (κ2) is 6.22. The van der Waals surface area contributed by atoms with Crippen molar-refractivity contribution in [3.05, 3.63) is 44.7 Å². The summed E-state index contributed by atoms with van der Waals surface area (Å²) in [6, 6.07) is 7.15. The summed E-state index contributed by atoms with van der Waals surface area (Å²) in [5.41, 5.74) is 0.901. The predicted octanol–water partition coefficient (Wildman–Crippen LogP) is 2.11. The van der Waals surface area contributed by atoms with Crippen LogP contribution in [0.2, 0.25) is 0 Å². The van der Waals surface area contributed by atoms with Gasteiger partial charge in [0.05, 0.1) is 0 Å². The van der Waals surface area contributed by atoms with Crippen LogP contribution < -0.4 is 10.7 Å². The Morgan fingerprint density at radius 3 is 3.00 bits per heavy atom. The van der Waals surface area contributed by atoms with Gasteiger partial charge in [-0.05, 0) is 38.1 Å². The van der Waals surface area contributed by atoms with Crippen molar-refractivity contribution in [2.75, 3.05) is 20.1 Å². The van der Waals surface area contributed by atoms with Crippen LogP contribution in [0.1, 0.15) is 23.3 Å². The smallest absolute Gasteiger partial charge is 0.270 e. The van der Waals surface area contributed by atoms with Crippen LogP contribution in [0.3, 0.4) is 0 Å². The summed E-state index contributed by atoms with van der Waals surface area (Å²) in [7, 11) is 1.91. The lowest BCUT2D eigenvalue weighted by atomic mass is 10.1. The van der Waals surface area contributed by atoms with Gasteiger partial charge in [0.1, 0.15) is 5.69 Å². The number of nitrogens with one attached hydrogen (secondary N) is 2. The number of piperidine rings is 1. The van der Waals surface area contributed by atoms with E-state index in [4.69, 9.17) is 0 Å². The third-order valence-electron chi connectivity index (χ3n) is 4.14. The van der Waals surface area contributed by atoms with E-state index in [-0.39, 0.29) is 11.3 Å². The summed E-state index contributed by atoms with van der Waals surface area (Å²) in [5, 5.41) is 3.80. The lowest BCUT2D eigenvalue weighted by Gasteiger charge is -2.32. The van der Waals surface area contributed by atoms with Gasteiger partial charge in [0.2, 0.25) is 0 Å². The summed E-state index contributed by atoms with van der Waals surface area (Å²) in [6.45, 7) is 1.41. The van der Waals surface area contributed by atoms with Crippen LogP contribution in [0.4, 0.5) is 0 Å². The number of likely N-dealkylation sites (N-methyl/N-ethyl adjacent to an activating group) is 1. The van der Waals surface area contributed by atoms with Gasteiger partial charge in [-0.1, -0.05) is 15.9 Å². The lowest BCUT2D eigenvalue weighted by molar-refractivity contribution is 0.0692. The first-order valence-electron chi connectivity index (χ1n) is 7.37. The van der Waals surface area contributed by atoms with Crippen LogP contribution in [-0.2, 0) is 0 Å². The molecule has 0 radical (unpaired) electrons. The number of benzene rings is 1. The Kier molecular flexibility index (Phi) is 4.31. The number of carbonyl (C=O) groups excluding carboxylic acids is 1. The number of carbonyl (C=O) groups is 1. The molecule has 2 aromatic rings. The minimum atomic E-state index is -0.138. The van der Waals surface area contributed by atoms with E-state index in [1.165, 1.54) is 6.07 Å². The lowest BCUT2D eigenvalue weighted by Crippen LogP contribution is -2.47. The fourth-order valence-electron chi connectivity index (χ4n) is 2.90. The van der Waals surface area contributed by atoms with Crippen LogP contribution >= 0.6 is 15.9 Å². The van der Waals surface area contributed by atoms with Crippen LogP contribution in [0.25, 0.3) is 10.9 Å². The SMILES string of the molecule is CN[C@@H]1CCCN(C(=O)c2cc(=O)c3cc(Br)ccc3[nH]2)C1. The van der Waals surface area contributed by atoms with Gasteiger partial charge in [-0.2, -0.15) is 0 Å². The van der Waals surface area contributed by atoms with Crippen molar-refractivity contribution in [2.24, 2.45) is 0 Å². The van der Waals surface area contributed by atoms with Crippen molar-refractivity contribution in [1.82, 2.24) is 15.2 Å². The normalized spacial score (nSPS) is 18.6. The van der Waals surface area contributed by atoms with Gasteiger partial charge in [-0.25, -0.2) is 0 Å². The highest BCUT2D eigenvalue weighted by Gasteiger charge is 2.24. The molecule has 0 aliphatic carbocycles. The van der Waals surface area contributed by atoms with Gasteiger partial charge in [0, 0.05) is 40.6 Å². The predicted molar refractivity (Wildman–Crippen MR) is 90.3 cm³/mol. The number of H-pyrrole nitrogens is 1. The molecule has 0 unspecified atom stereocenters. The van der Waals surface area contributed by atoms with Crippen LogP contribution in [-0.4, -0.2) is 42.0 Å². The zero-order valence-electron chi connectivity index (χ0n) is 12.4. The van der Waals surface area contributed by atoms with Crippen molar-refractivity contribution in [3.63, 3.8) is 0 Å². The molecule has 1 saturated heterocycles. The van der Waals surface area contributed by atoms with Crippen LogP contribution in [0, 0.1) is 0 Å². The van der Waals surface area contributed by atoms with Gasteiger partial charge in [0.15, 0.2) is 5.43 Å². The molecule has 1 aliphatic rings. The maximum atomic E-state index is 12.6. The van der Waals surface area contributed by atoms with E-state index in [0.29, 0.717) is 29.2 Å². The number of aromatic amines is 1. The van der Waals surface area contributed by atoms with Crippen molar-refractivity contribution < 1.29 is 4.79 Å². The molecule has 1 amide bonds. The first-order valence-corrected chi connectivity index (χ1v) is 8.17. The summed E-state index contributed by atoms with van der Waals surface area (Å²) < 4.78 is 0.845. The van der Waals surface area contributed by atoms with E-state index in [1.807, 2.05) is 19.2 Å². The molecule has 116 valence electrons. The van der Waals surface area contributed by atoms with E-state index < -0.39 is 0 Å². The Labute approximate surface area is 136 Å². The van der Waals surface area contributed by atoms with Gasteiger partial charge in [-0.15, -0.1) is 0 Å². The molecule has 1 aromatic carbocycles. The number of hydrogen-bond donors (Lipinski definition) is 2. The standard InChI is InChI=1S/C16H18BrN3O2/c1-18-11-3-2-6-20(9-11)16(22)14-8-15(21)12-7-10(17)4-5-13(12)19-14/h4-5,7-8,11,18H,2-3,6,9H2,1H3,(H,19,21)/t11-/m1/s1. The second-order valence-corrected chi connectivity index (χ2v) is 6.53. The fraction of sp³-hybridized carbons (Fsp3) is 0.375. The molecule has 5 nitrogen and oxygen atoms in total. The third kappa shape index (κ3) is 2.94. The first-order chi connectivity index (χ1) is 10.6. The molecule has 0 spiro atoms. The largest absolute Gasteiger partial charge is 0.350 e. The Morgan fingerprint density at radius 2 is 2.23 bits per heavy atom. The number of likely N-dealkylation sites (tertiary alicyclic amines) is 1. The molecule has 0 saturated carbocycles. The Morgan fingerprint density at radius 1 is 1.41 bits per heavy atom. The average Bonchev–Trinajstić information content (AvgIpc) is 2.54. The topological polar surface area (TPSA) is 65.2 Å². The molecule has 3 rings (SSSR count). The molecule has 6 heteroatoms. The van der Waals surface area contributed by atoms with E-state index in [9.17, 15) is 9.59 Å². The monoisotopic (exact) mass is 363 g/mol. The van der Waals surface area contributed by atoms with E-state index in [1.54, 1.807) is 11.0 Å². The molecule has 0 bridgehead atoms. The molecular weight excluding hydrogens is 346 g/mol. The second-order valence-electron chi connectivity index (χ2n) is 5.62. The van der Waals surface area contributed by atoms with E-state index in [0.717, 1.165) is 23.9 Å². The molecule has 1 atom stereocenters. The maximum absolute atomic E-state index is 12.6. The van der Waals surface area contributed by atoms with Crippen LogP contribution in [0.5, 0.6) is 0 Å². The van der Waals surface area contributed by atoms with Crippen molar-refractivity contribution in [2.45, 2.75) is 18.9 Å². The Bertz CT molecular complexity index is 772. The van der Waals surface area contributed by atoms with E-state index >= 15 is 0 Å². The van der Waals surface area contributed by atoms with Crippen molar-refractivity contribution in [3.8, 4) is 0 Å². The average molecular weight is 364 g/mol. The number of rotatable bonds is 2. The molecule has 1 aliphatic heterocycles. The van der Waals surface area contributed by atoms with Crippen LogP contribution in [0.15, 0.2) is 33.5 Å². The number of amides is 1. The molecule has 2 N–H and O–H groups in total. The number of fused-ring (bicyclic) bond motifs is 1. The molecule has 1 fully saturated rings. The first kappa shape index (κ1) is 15.2. The van der Waals surface area contributed by atoms with Gasteiger partial charge in [-0.3, -0.25) is 9.59 Å². The van der Waals surface area contributed by atoms with Gasteiger partial charge < -0.3 is 15.2 Å². The number of hydrogen-bond acceptors (Lipinski definition) is 3. The van der Waals surface area contributed by atoms with Crippen molar-refractivity contribution in [1.29, 1.82) is 0 Å². The number of halogens is 1. The third-order valence-corrected chi connectivity index (χ3v) is 4.63. The summed E-state index contributed by atoms with van der Waals surface area (Å²) in [4.78, 5) is 29.8. The number of aromatic nitrogens is 1. The minimum Gasteiger partial charge on any atom is -0.350 e. The highest BCUT2D eigenvalue weighted by molar-refractivity contribution is 9.10. The highest BCUT2D eigenvalue weighted by atomic mass is 79.9. The highest BCUT2D eigenvalue weighted by Crippen LogP contribution is 2.17. The summed E-state index contributed by atoms with van der Waals surface area (Å²) in [5.74, 6) is -0.109. The van der Waals surface area contributed by atoms with Gasteiger partial charge >= 0.3 is 0 Å². The van der Waals surface area contributed by atoms with Crippen molar-refractivity contribution >= 4 is 32.7 Å². The zero-order chi connectivity index (χ0) is 15.7. The fourth-order valence-corrected chi connectivity index (χ4v) is 3.26. The quantitative estimate of drug-likeness (QED) is 0.858. The number of pyridine rings is 1. The molecular formula is C16H18BrN3O2. The van der Waals surface area contributed by atoms with Gasteiger partial charge in [0.25, 0.3) is 5.91 Å². The van der Waals surface area contributed by atoms with E-state index in [2.05, 4.69) is 26.2 Å². The zero-order valence-corrected chi connectivity index (χ0v) is 13.9. The molecule has 1 aromatic heterocycles. The Hall–Kier alpha value is -1.66. The number of nitrogens with zero attached hydrogens (tertiary/aromatic N) is 1. The summed E-state index contributed by atoms with van der Waals surface area (Å²) >= 11 is 3.36. The summed E-state index contributed by atoms with van der Waals surface area (Å²) in [6.07, 6.45) is 2.05. The molecule has 22 heavy (non-hydrogen) atoms. The molecule has 2 heterocycles. The Balaban J connectivity index is 1.94. The minimum absolute atomic E-state index is 0.109. The maximum Gasteiger partial charge on any atom is 0.270 e.